The van der Waals surface area contributed by atoms with Gasteiger partial charge in [0.05, 0.1) is 16.6 Å². The van der Waals surface area contributed by atoms with Crippen molar-refractivity contribution in [3.63, 3.8) is 0 Å². The molecule has 0 aliphatic carbocycles. The van der Waals surface area contributed by atoms with Crippen molar-refractivity contribution in [3.8, 4) is 0 Å². The number of benzene rings is 1. The van der Waals surface area contributed by atoms with E-state index in [2.05, 4.69) is 27.4 Å². The fourth-order valence-electron chi connectivity index (χ4n) is 3.31. The Labute approximate surface area is 170 Å². The average molecular weight is 401 g/mol. The second kappa shape index (κ2) is 8.84. The number of nitrogens with zero attached hydrogens (tertiary/aromatic N) is 2. The van der Waals surface area contributed by atoms with Gasteiger partial charge in [0.1, 0.15) is 0 Å². The van der Waals surface area contributed by atoms with Crippen LogP contribution in [0.15, 0.2) is 18.2 Å². The van der Waals surface area contributed by atoms with E-state index in [-0.39, 0.29) is 17.7 Å². The number of aromatic nitrogens is 1. The number of thiazole rings is 1. The van der Waals surface area contributed by atoms with Gasteiger partial charge in [-0.3, -0.25) is 9.59 Å². The van der Waals surface area contributed by atoms with Gasteiger partial charge in [0.2, 0.25) is 5.91 Å². The lowest BCUT2D eigenvalue weighted by atomic mass is 10.1. The lowest BCUT2D eigenvalue weighted by Crippen LogP contribution is -2.27. The number of amides is 2. The second-order valence-electron chi connectivity index (χ2n) is 7.52. The van der Waals surface area contributed by atoms with Gasteiger partial charge in [0, 0.05) is 35.6 Å². The van der Waals surface area contributed by atoms with Crippen molar-refractivity contribution >= 4 is 28.8 Å². The number of hydrogen-bond donors (Lipinski definition) is 2. The molecule has 1 saturated heterocycles. The van der Waals surface area contributed by atoms with Gasteiger partial charge in [0.15, 0.2) is 0 Å². The Balaban J connectivity index is 1.58. The lowest BCUT2D eigenvalue weighted by molar-refractivity contribution is -0.119. The second-order valence-corrected chi connectivity index (χ2v) is 8.81. The highest BCUT2D eigenvalue weighted by Crippen LogP contribution is 2.21. The van der Waals surface area contributed by atoms with Gasteiger partial charge in [-0.05, 0) is 58.5 Å². The van der Waals surface area contributed by atoms with Crippen LogP contribution in [0.25, 0.3) is 0 Å². The predicted octanol–water partition coefficient (Wildman–Crippen LogP) is 2.93. The molecule has 2 heterocycles. The molecule has 1 unspecified atom stereocenters. The molecular formula is C21H28N4O2S. The minimum atomic E-state index is -0.138. The van der Waals surface area contributed by atoms with E-state index in [1.807, 2.05) is 27.0 Å². The molecule has 1 aromatic carbocycles. The number of carbonyl (C=O) groups is 2. The molecule has 2 aromatic rings. The summed E-state index contributed by atoms with van der Waals surface area (Å²) in [5.41, 5.74) is 3.26. The molecule has 1 aliphatic heterocycles. The van der Waals surface area contributed by atoms with Crippen molar-refractivity contribution < 1.29 is 9.59 Å². The van der Waals surface area contributed by atoms with Crippen molar-refractivity contribution in [2.45, 2.75) is 33.6 Å². The first-order valence-corrected chi connectivity index (χ1v) is 10.5. The number of aryl methyl sites for hydroxylation is 3. The third kappa shape index (κ3) is 4.97. The topological polar surface area (TPSA) is 74.3 Å². The van der Waals surface area contributed by atoms with E-state index in [9.17, 15) is 9.59 Å². The Morgan fingerprint density at radius 1 is 1.29 bits per heavy atom. The molecule has 1 fully saturated rings. The quantitative estimate of drug-likeness (QED) is 0.782. The first-order valence-electron chi connectivity index (χ1n) is 9.64. The SMILES string of the molecule is Cc1ccc(C(=O)NCCc2nc(C)c(C)s2)cc1NC(=O)C1CCN(C)C1. The van der Waals surface area contributed by atoms with Crippen LogP contribution in [0.2, 0.25) is 0 Å². The third-order valence-corrected chi connectivity index (χ3v) is 6.35. The van der Waals surface area contributed by atoms with Crippen molar-refractivity contribution in [1.82, 2.24) is 15.2 Å². The van der Waals surface area contributed by atoms with Crippen LogP contribution in [-0.4, -0.2) is 48.4 Å². The third-order valence-electron chi connectivity index (χ3n) is 5.22. The van der Waals surface area contributed by atoms with Crippen molar-refractivity contribution in [2.75, 3.05) is 32.0 Å². The van der Waals surface area contributed by atoms with Crippen LogP contribution in [0.5, 0.6) is 0 Å². The number of rotatable bonds is 6. The summed E-state index contributed by atoms with van der Waals surface area (Å²) in [5.74, 6) is -0.104. The number of hydrogen-bond acceptors (Lipinski definition) is 5. The number of anilines is 1. The van der Waals surface area contributed by atoms with Crippen molar-refractivity contribution in [1.29, 1.82) is 0 Å². The van der Waals surface area contributed by atoms with E-state index in [4.69, 9.17) is 0 Å². The van der Waals surface area contributed by atoms with Gasteiger partial charge in [-0.15, -0.1) is 11.3 Å². The Morgan fingerprint density at radius 3 is 2.71 bits per heavy atom. The molecule has 0 saturated carbocycles. The van der Waals surface area contributed by atoms with Crippen molar-refractivity contribution in [2.24, 2.45) is 5.92 Å². The maximum Gasteiger partial charge on any atom is 0.251 e. The molecule has 28 heavy (non-hydrogen) atoms. The molecule has 0 radical (unpaired) electrons. The normalized spacial score (nSPS) is 16.9. The molecule has 1 aliphatic rings. The van der Waals surface area contributed by atoms with Crippen LogP contribution in [-0.2, 0) is 11.2 Å². The largest absolute Gasteiger partial charge is 0.352 e. The van der Waals surface area contributed by atoms with Crippen LogP contribution < -0.4 is 10.6 Å². The minimum absolute atomic E-state index is 0.00657. The molecule has 3 rings (SSSR count). The Morgan fingerprint density at radius 2 is 2.07 bits per heavy atom. The molecule has 2 amide bonds. The van der Waals surface area contributed by atoms with Crippen LogP contribution in [0.1, 0.15) is 37.9 Å². The van der Waals surface area contributed by atoms with Crippen LogP contribution >= 0.6 is 11.3 Å². The summed E-state index contributed by atoms with van der Waals surface area (Å²) in [6.45, 7) is 8.25. The maximum absolute atomic E-state index is 12.5. The van der Waals surface area contributed by atoms with Crippen molar-refractivity contribution in [3.05, 3.63) is 44.9 Å². The van der Waals surface area contributed by atoms with Gasteiger partial charge in [-0.1, -0.05) is 6.07 Å². The average Bonchev–Trinajstić information content (AvgIpc) is 3.22. The van der Waals surface area contributed by atoms with Crippen LogP contribution in [0, 0.1) is 26.7 Å². The van der Waals surface area contributed by atoms with E-state index in [0.29, 0.717) is 17.8 Å². The highest BCUT2D eigenvalue weighted by atomic mass is 32.1. The van der Waals surface area contributed by atoms with Crippen LogP contribution in [0.4, 0.5) is 5.69 Å². The minimum Gasteiger partial charge on any atom is -0.352 e. The van der Waals surface area contributed by atoms with E-state index < -0.39 is 0 Å². The zero-order valence-electron chi connectivity index (χ0n) is 17.0. The number of carbonyl (C=O) groups excluding carboxylic acids is 2. The summed E-state index contributed by atoms with van der Waals surface area (Å²) in [7, 11) is 2.03. The molecular weight excluding hydrogens is 372 g/mol. The first-order chi connectivity index (χ1) is 13.3. The molecule has 7 heteroatoms. The Kier molecular flexibility index (Phi) is 6.46. The van der Waals surface area contributed by atoms with Crippen LogP contribution in [0.3, 0.4) is 0 Å². The molecule has 2 N–H and O–H groups in total. The molecule has 1 aromatic heterocycles. The summed E-state index contributed by atoms with van der Waals surface area (Å²) in [4.78, 5) is 32.9. The summed E-state index contributed by atoms with van der Waals surface area (Å²) < 4.78 is 0. The summed E-state index contributed by atoms with van der Waals surface area (Å²) in [5, 5.41) is 6.99. The van der Waals surface area contributed by atoms with Gasteiger partial charge in [0.25, 0.3) is 5.91 Å². The number of likely N-dealkylation sites (tertiary alicyclic amines) is 1. The van der Waals surface area contributed by atoms with Gasteiger partial charge >= 0.3 is 0 Å². The zero-order valence-corrected chi connectivity index (χ0v) is 17.8. The Bertz CT molecular complexity index is 858. The molecule has 0 spiro atoms. The summed E-state index contributed by atoms with van der Waals surface area (Å²) >= 11 is 1.67. The fraction of sp³-hybridized carbons (Fsp3) is 0.476. The molecule has 1 atom stereocenters. The molecule has 6 nitrogen and oxygen atoms in total. The lowest BCUT2D eigenvalue weighted by Gasteiger charge is -2.14. The van der Waals surface area contributed by atoms with E-state index in [0.717, 1.165) is 42.2 Å². The zero-order chi connectivity index (χ0) is 20.3. The summed E-state index contributed by atoms with van der Waals surface area (Å²) in [6.07, 6.45) is 1.59. The standard InChI is InChI=1S/C21H28N4O2S/c1-13-5-6-16(11-18(13)24-21(27)17-8-10-25(4)12-17)20(26)22-9-7-19-23-14(2)15(3)28-19/h5-6,11,17H,7-10,12H2,1-4H3,(H,22,26)(H,24,27). The van der Waals surface area contributed by atoms with E-state index in [1.54, 1.807) is 23.5 Å². The fourth-order valence-corrected chi connectivity index (χ4v) is 4.25. The maximum atomic E-state index is 12.5. The van der Waals surface area contributed by atoms with Gasteiger partial charge in [-0.25, -0.2) is 4.98 Å². The van der Waals surface area contributed by atoms with Gasteiger partial charge in [-0.2, -0.15) is 0 Å². The highest BCUT2D eigenvalue weighted by molar-refractivity contribution is 7.11. The van der Waals surface area contributed by atoms with Gasteiger partial charge < -0.3 is 15.5 Å². The molecule has 150 valence electrons. The highest BCUT2D eigenvalue weighted by Gasteiger charge is 2.26. The van der Waals surface area contributed by atoms with E-state index in [1.165, 1.54) is 4.88 Å². The number of nitrogens with one attached hydrogen (secondary N) is 2. The molecule has 0 bridgehead atoms. The predicted molar refractivity (Wildman–Crippen MR) is 113 cm³/mol. The smallest absolute Gasteiger partial charge is 0.251 e. The first kappa shape index (κ1) is 20.5. The van der Waals surface area contributed by atoms with E-state index >= 15 is 0 Å². The monoisotopic (exact) mass is 400 g/mol. The Hall–Kier alpha value is -2.25. The summed E-state index contributed by atoms with van der Waals surface area (Å²) in [6, 6.07) is 5.43.